The third kappa shape index (κ3) is 3.74. The number of aryl methyl sites for hydroxylation is 2. The van der Waals surface area contributed by atoms with Crippen LogP contribution in [0.4, 0.5) is 5.82 Å². The molecule has 0 N–H and O–H groups in total. The van der Waals surface area contributed by atoms with E-state index in [-0.39, 0.29) is 0 Å². The number of nitrogens with zero attached hydrogens (tertiary/aromatic N) is 6. The Hall–Kier alpha value is -2.28. The van der Waals surface area contributed by atoms with Crippen LogP contribution in [0.15, 0.2) is 23.3 Å². The van der Waals surface area contributed by atoms with Gasteiger partial charge in [0.1, 0.15) is 17.5 Å². The van der Waals surface area contributed by atoms with Gasteiger partial charge in [-0.2, -0.15) is 0 Å². The third-order valence-corrected chi connectivity index (χ3v) is 5.94. The van der Waals surface area contributed by atoms with Gasteiger partial charge in [-0.25, -0.2) is 19.9 Å². The summed E-state index contributed by atoms with van der Waals surface area (Å²) in [5.74, 6) is 3.54. The van der Waals surface area contributed by atoms with Gasteiger partial charge in [-0.15, -0.1) is 11.3 Å². The molecule has 3 aromatic rings. The Labute approximate surface area is 164 Å². The first-order chi connectivity index (χ1) is 13.2. The van der Waals surface area contributed by atoms with Gasteiger partial charge in [-0.05, 0) is 33.1 Å². The quantitative estimate of drug-likeness (QED) is 0.673. The Kier molecular flexibility index (Phi) is 5.20. The minimum absolute atomic E-state index is 0.410. The molecule has 0 saturated carbocycles. The molecule has 1 fully saturated rings. The van der Waals surface area contributed by atoms with Crippen LogP contribution >= 0.6 is 11.3 Å². The zero-order valence-electron chi connectivity index (χ0n) is 16.2. The Morgan fingerprint density at radius 3 is 2.89 bits per heavy atom. The van der Waals surface area contributed by atoms with Crippen LogP contribution in [0.25, 0.3) is 0 Å². The zero-order chi connectivity index (χ0) is 18.8. The van der Waals surface area contributed by atoms with Gasteiger partial charge >= 0.3 is 0 Å². The van der Waals surface area contributed by atoms with Crippen molar-refractivity contribution in [2.75, 3.05) is 18.0 Å². The van der Waals surface area contributed by atoms with Gasteiger partial charge in [0, 0.05) is 48.0 Å². The Morgan fingerprint density at radius 2 is 2.11 bits per heavy atom. The van der Waals surface area contributed by atoms with Crippen molar-refractivity contribution in [3.63, 3.8) is 0 Å². The molecule has 0 spiro atoms. The summed E-state index contributed by atoms with van der Waals surface area (Å²) in [5, 5.41) is 2.11. The van der Waals surface area contributed by atoms with Crippen LogP contribution in [0.2, 0.25) is 0 Å². The molecule has 3 aromatic heterocycles. The van der Waals surface area contributed by atoms with Crippen molar-refractivity contribution in [1.82, 2.24) is 24.5 Å². The van der Waals surface area contributed by atoms with E-state index in [1.165, 1.54) is 5.56 Å². The van der Waals surface area contributed by atoms with Gasteiger partial charge in [0.25, 0.3) is 0 Å². The Balaban J connectivity index is 1.59. The molecule has 27 heavy (non-hydrogen) atoms. The Bertz CT molecular complexity index is 901. The van der Waals surface area contributed by atoms with Crippen molar-refractivity contribution >= 4 is 17.2 Å². The summed E-state index contributed by atoms with van der Waals surface area (Å²) in [6, 6.07) is 0. The van der Waals surface area contributed by atoms with Crippen molar-refractivity contribution in [2.45, 2.75) is 52.5 Å². The Morgan fingerprint density at radius 1 is 1.22 bits per heavy atom. The zero-order valence-corrected chi connectivity index (χ0v) is 17.0. The number of imidazole rings is 1. The number of hydrogen-bond donors (Lipinski definition) is 0. The lowest BCUT2D eigenvalue weighted by Gasteiger charge is -2.35. The van der Waals surface area contributed by atoms with Crippen molar-refractivity contribution in [3.05, 3.63) is 51.9 Å². The van der Waals surface area contributed by atoms with E-state index >= 15 is 0 Å². The number of piperidine rings is 1. The van der Waals surface area contributed by atoms with Crippen LogP contribution in [-0.2, 0) is 13.0 Å². The van der Waals surface area contributed by atoms with Gasteiger partial charge < -0.3 is 9.47 Å². The van der Waals surface area contributed by atoms with E-state index < -0.39 is 0 Å². The van der Waals surface area contributed by atoms with Crippen LogP contribution in [-0.4, -0.2) is 37.6 Å². The molecule has 4 rings (SSSR count). The van der Waals surface area contributed by atoms with Crippen LogP contribution in [0, 0.1) is 13.8 Å². The molecule has 1 atom stereocenters. The molecule has 0 aromatic carbocycles. The molecular weight excluding hydrogens is 356 g/mol. The molecule has 0 unspecified atom stereocenters. The SMILES string of the molecule is CCc1c(C)nc(C)nc1N1CCC[C@@H](c2nccn2Cc2cscn2)C1. The number of rotatable bonds is 5. The van der Waals surface area contributed by atoms with Gasteiger partial charge in [0.15, 0.2) is 0 Å². The van der Waals surface area contributed by atoms with Crippen molar-refractivity contribution in [1.29, 1.82) is 0 Å². The molecule has 0 bridgehead atoms. The topological polar surface area (TPSA) is 59.7 Å². The second-order valence-corrected chi connectivity index (χ2v) is 7.91. The first-order valence-electron chi connectivity index (χ1n) is 9.62. The molecule has 4 heterocycles. The van der Waals surface area contributed by atoms with E-state index in [9.17, 15) is 0 Å². The van der Waals surface area contributed by atoms with E-state index in [0.29, 0.717) is 5.92 Å². The maximum absolute atomic E-state index is 4.81. The van der Waals surface area contributed by atoms with E-state index in [0.717, 1.165) is 67.8 Å². The molecule has 6 nitrogen and oxygen atoms in total. The highest BCUT2D eigenvalue weighted by Gasteiger charge is 2.27. The maximum atomic E-state index is 4.81. The van der Waals surface area contributed by atoms with Crippen LogP contribution < -0.4 is 4.90 Å². The molecular formula is C20H26N6S. The smallest absolute Gasteiger partial charge is 0.135 e. The minimum atomic E-state index is 0.410. The third-order valence-electron chi connectivity index (χ3n) is 5.31. The second-order valence-electron chi connectivity index (χ2n) is 7.19. The molecule has 0 amide bonds. The minimum Gasteiger partial charge on any atom is -0.356 e. The van der Waals surface area contributed by atoms with Gasteiger partial charge in [-0.1, -0.05) is 6.92 Å². The lowest BCUT2D eigenvalue weighted by molar-refractivity contribution is 0.472. The summed E-state index contributed by atoms with van der Waals surface area (Å²) >= 11 is 1.64. The molecule has 0 aliphatic carbocycles. The molecule has 7 heteroatoms. The highest BCUT2D eigenvalue weighted by molar-refractivity contribution is 7.07. The average Bonchev–Trinajstić information content (AvgIpc) is 3.34. The first kappa shape index (κ1) is 18.1. The van der Waals surface area contributed by atoms with Gasteiger partial charge in [0.2, 0.25) is 0 Å². The number of aromatic nitrogens is 5. The summed E-state index contributed by atoms with van der Waals surface area (Å²) in [5.41, 5.74) is 5.36. The summed E-state index contributed by atoms with van der Waals surface area (Å²) in [6.07, 6.45) is 7.26. The lowest BCUT2D eigenvalue weighted by Crippen LogP contribution is -2.37. The standard InChI is InChI=1S/C20H26N6S/c1-4-18-14(2)23-15(3)24-20(18)25-8-5-6-16(10-25)19-21-7-9-26(19)11-17-12-27-13-22-17/h7,9,12-13,16H,4-6,8,10-11H2,1-3H3/t16-/m1/s1. The molecule has 1 aliphatic rings. The van der Waals surface area contributed by atoms with E-state index in [4.69, 9.17) is 9.97 Å². The summed E-state index contributed by atoms with van der Waals surface area (Å²) < 4.78 is 2.25. The van der Waals surface area contributed by atoms with Gasteiger partial charge in [0.05, 0.1) is 17.7 Å². The molecule has 1 aliphatic heterocycles. The molecule has 142 valence electrons. The van der Waals surface area contributed by atoms with Gasteiger partial charge in [-0.3, -0.25) is 0 Å². The number of hydrogen-bond acceptors (Lipinski definition) is 6. The van der Waals surface area contributed by atoms with E-state index in [1.807, 2.05) is 18.6 Å². The fourth-order valence-corrected chi connectivity index (χ4v) is 4.63. The normalized spacial score (nSPS) is 17.4. The lowest BCUT2D eigenvalue weighted by atomic mass is 9.96. The fraction of sp³-hybridized carbons (Fsp3) is 0.500. The van der Waals surface area contributed by atoms with Crippen molar-refractivity contribution in [3.8, 4) is 0 Å². The van der Waals surface area contributed by atoms with Crippen LogP contribution in [0.1, 0.15) is 54.3 Å². The molecule has 0 radical (unpaired) electrons. The monoisotopic (exact) mass is 382 g/mol. The predicted octanol–water partition coefficient (Wildman–Crippen LogP) is 3.74. The second kappa shape index (κ2) is 7.76. The summed E-state index contributed by atoms with van der Waals surface area (Å²) in [4.78, 5) is 20.9. The first-order valence-corrected chi connectivity index (χ1v) is 10.6. The maximum Gasteiger partial charge on any atom is 0.135 e. The number of anilines is 1. The number of thiazole rings is 1. The predicted molar refractivity (Wildman–Crippen MR) is 109 cm³/mol. The fourth-order valence-electron chi connectivity index (χ4n) is 4.08. The highest BCUT2D eigenvalue weighted by Crippen LogP contribution is 2.31. The van der Waals surface area contributed by atoms with Crippen molar-refractivity contribution < 1.29 is 0 Å². The summed E-state index contributed by atoms with van der Waals surface area (Å²) in [6.45, 7) is 9.06. The van der Waals surface area contributed by atoms with E-state index in [1.54, 1.807) is 11.3 Å². The molecule has 1 saturated heterocycles. The van der Waals surface area contributed by atoms with Crippen LogP contribution in [0.5, 0.6) is 0 Å². The van der Waals surface area contributed by atoms with Crippen molar-refractivity contribution in [2.24, 2.45) is 0 Å². The van der Waals surface area contributed by atoms with E-state index in [2.05, 4.69) is 44.9 Å². The largest absolute Gasteiger partial charge is 0.356 e. The van der Waals surface area contributed by atoms with Crippen LogP contribution in [0.3, 0.4) is 0 Å². The summed E-state index contributed by atoms with van der Waals surface area (Å²) in [7, 11) is 0. The highest BCUT2D eigenvalue weighted by atomic mass is 32.1. The average molecular weight is 383 g/mol.